The molecule has 1 aromatic heterocycles. The number of aromatic nitrogens is 2. The first-order chi connectivity index (χ1) is 13.3. The minimum Gasteiger partial charge on any atom is -0.502 e. The number of benzene rings is 1. The van der Waals surface area contributed by atoms with Crippen LogP contribution in [0, 0.1) is 5.82 Å². The molecule has 1 aromatic carbocycles. The maximum Gasteiger partial charge on any atom is 0.296 e. The third-order valence-corrected chi connectivity index (χ3v) is 4.67. The van der Waals surface area contributed by atoms with Gasteiger partial charge in [0.2, 0.25) is 17.6 Å². The summed E-state index contributed by atoms with van der Waals surface area (Å²) in [5.41, 5.74) is 0.110. The van der Waals surface area contributed by atoms with E-state index < -0.39 is 17.2 Å². The quantitative estimate of drug-likeness (QED) is 0.787. The molecule has 0 unspecified atom stereocenters. The lowest BCUT2D eigenvalue weighted by molar-refractivity contribution is -0.128. The summed E-state index contributed by atoms with van der Waals surface area (Å²) < 4.78 is 14.3. The number of carbonyl (C=O) groups excluding carboxylic acids is 2. The van der Waals surface area contributed by atoms with Gasteiger partial charge in [0.15, 0.2) is 0 Å². The monoisotopic (exact) mass is 388 g/mol. The van der Waals surface area contributed by atoms with Crippen LogP contribution in [0.4, 0.5) is 4.39 Å². The molecule has 8 nitrogen and oxygen atoms in total. The molecule has 1 aliphatic rings. The molecule has 148 valence electrons. The first-order valence-electron chi connectivity index (χ1n) is 8.93. The van der Waals surface area contributed by atoms with Crippen LogP contribution in [0.5, 0.6) is 5.75 Å². The maximum absolute atomic E-state index is 12.9. The lowest BCUT2D eigenvalue weighted by Crippen LogP contribution is -2.32. The number of halogens is 1. The van der Waals surface area contributed by atoms with Crippen molar-refractivity contribution in [1.29, 1.82) is 0 Å². The summed E-state index contributed by atoms with van der Waals surface area (Å²) in [6, 6.07) is 5.71. The first kappa shape index (κ1) is 19.5. The number of carbonyl (C=O) groups is 2. The number of rotatable bonds is 4. The van der Waals surface area contributed by atoms with E-state index in [-0.39, 0.29) is 36.9 Å². The topological polar surface area (TPSA) is 105 Å². The van der Waals surface area contributed by atoms with Gasteiger partial charge in [0, 0.05) is 39.5 Å². The molecule has 1 aliphatic heterocycles. The predicted molar refractivity (Wildman–Crippen MR) is 98.1 cm³/mol. The smallest absolute Gasteiger partial charge is 0.296 e. The SMILES string of the molecule is CC(=O)N1CCc2nc(CC(=O)NCc3ccc(F)cc3)c(O)c(=O)n2CC1. The zero-order valence-corrected chi connectivity index (χ0v) is 15.4. The third-order valence-electron chi connectivity index (χ3n) is 4.67. The number of nitrogens with one attached hydrogen (secondary N) is 1. The van der Waals surface area contributed by atoms with Gasteiger partial charge in [0.05, 0.1) is 12.1 Å². The third kappa shape index (κ3) is 4.36. The largest absolute Gasteiger partial charge is 0.502 e. The standard InChI is InChI=1S/C19H21FN4O4/c1-12(25)23-7-6-16-22-15(18(27)19(28)24(16)9-8-23)10-17(26)21-11-13-2-4-14(20)5-3-13/h2-5,27H,6-11H2,1H3,(H,21,26). The van der Waals surface area contributed by atoms with Gasteiger partial charge in [0.25, 0.3) is 5.56 Å². The first-order valence-corrected chi connectivity index (χ1v) is 8.93. The molecule has 0 bridgehead atoms. The van der Waals surface area contributed by atoms with Crippen molar-refractivity contribution in [2.45, 2.75) is 32.9 Å². The van der Waals surface area contributed by atoms with Gasteiger partial charge in [-0.2, -0.15) is 0 Å². The zero-order chi connectivity index (χ0) is 20.3. The molecule has 3 rings (SSSR count). The van der Waals surface area contributed by atoms with E-state index in [9.17, 15) is 23.9 Å². The molecule has 0 saturated carbocycles. The summed E-state index contributed by atoms with van der Waals surface area (Å²) in [6.45, 7) is 2.67. The van der Waals surface area contributed by atoms with Crippen molar-refractivity contribution in [3.63, 3.8) is 0 Å². The number of nitrogens with zero attached hydrogens (tertiary/aromatic N) is 3. The molecular formula is C19H21FN4O4. The highest BCUT2D eigenvalue weighted by atomic mass is 19.1. The van der Waals surface area contributed by atoms with Gasteiger partial charge < -0.3 is 15.3 Å². The molecule has 2 N–H and O–H groups in total. The van der Waals surface area contributed by atoms with Crippen molar-refractivity contribution in [3.05, 3.63) is 57.5 Å². The van der Waals surface area contributed by atoms with Crippen LogP contribution in [0.2, 0.25) is 0 Å². The van der Waals surface area contributed by atoms with Crippen molar-refractivity contribution in [1.82, 2.24) is 19.8 Å². The number of fused-ring (bicyclic) bond motifs is 1. The fourth-order valence-corrected chi connectivity index (χ4v) is 3.08. The molecule has 0 spiro atoms. The molecule has 0 saturated heterocycles. The Bertz CT molecular complexity index is 956. The Morgan fingerprint density at radius 1 is 1.21 bits per heavy atom. The molecule has 0 fully saturated rings. The minimum absolute atomic E-state index is 0.00383. The molecule has 28 heavy (non-hydrogen) atoms. The molecule has 0 radical (unpaired) electrons. The highest BCUT2D eigenvalue weighted by Crippen LogP contribution is 2.14. The van der Waals surface area contributed by atoms with Crippen molar-refractivity contribution < 1.29 is 19.1 Å². The Kier molecular flexibility index (Phi) is 5.72. The molecule has 2 aromatic rings. The summed E-state index contributed by atoms with van der Waals surface area (Å²) in [4.78, 5) is 42.1. The van der Waals surface area contributed by atoms with Crippen LogP contribution >= 0.6 is 0 Å². The fraction of sp³-hybridized carbons (Fsp3) is 0.368. The van der Waals surface area contributed by atoms with E-state index in [1.54, 1.807) is 17.0 Å². The number of amides is 2. The van der Waals surface area contributed by atoms with Crippen LogP contribution in [-0.4, -0.2) is 44.5 Å². The van der Waals surface area contributed by atoms with Crippen LogP contribution < -0.4 is 10.9 Å². The van der Waals surface area contributed by atoms with Crippen LogP contribution in [0.25, 0.3) is 0 Å². The van der Waals surface area contributed by atoms with Crippen LogP contribution in [0.1, 0.15) is 24.0 Å². The number of aromatic hydroxyl groups is 1. The molecule has 2 amide bonds. The highest BCUT2D eigenvalue weighted by Gasteiger charge is 2.22. The van der Waals surface area contributed by atoms with E-state index in [1.807, 2.05) is 0 Å². The lowest BCUT2D eigenvalue weighted by Gasteiger charge is -2.16. The second-order valence-electron chi connectivity index (χ2n) is 6.62. The van der Waals surface area contributed by atoms with E-state index in [0.29, 0.717) is 25.3 Å². The van der Waals surface area contributed by atoms with Gasteiger partial charge in [-0.05, 0) is 17.7 Å². The van der Waals surface area contributed by atoms with Gasteiger partial charge >= 0.3 is 0 Å². The van der Waals surface area contributed by atoms with Crippen molar-refractivity contribution in [2.24, 2.45) is 0 Å². The molecule has 0 aliphatic carbocycles. The molecule has 9 heteroatoms. The van der Waals surface area contributed by atoms with E-state index in [2.05, 4.69) is 10.3 Å². The second kappa shape index (κ2) is 8.20. The second-order valence-corrected chi connectivity index (χ2v) is 6.62. The van der Waals surface area contributed by atoms with E-state index in [1.165, 1.54) is 23.6 Å². The number of hydrogen-bond acceptors (Lipinski definition) is 5. The van der Waals surface area contributed by atoms with Gasteiger partial charge in [-0.25, -0.2) is 9.37 Å². The highest BCUT2D eigenvalue weighted by molar-refractivity contribution is 5.78. The van der Waals surface area contributed by atoms with E-state index >= 15 is 0 Å². The molecule has 0 atom stereocenters. The van der Waals surface area contributed by atoms with Gasteiger partial charge in [0.1, 0.15) is 11.6 Å². The number of hydrogen-bond donors (Lipinski definition) is 2. The van der Waals surface area contributed by atoms with Gasteiger partial charge in [-0.3, -0.25) is 19.0 Å². The van der Waals surface area contributed by atoms with Crippen LogP contribution in [0.15, 0.2) is 29.1 Å². The normalized spacial score (nSPS) is 13.6. The summed E-state index contributed by atoms with van der Waals surface area (Å²) in [6.07, 6.45) is 0.103. The average molecular weight is 388 g/mol. The zero-order valence-electron chi connectivity index (χ0n) is 15.4. The van der Waals surface area contributed by atoms with Crippen LogP contribution in [-0.2, 0) is 35.5 Å². The Balaban J connectivity index is 1.71. The van der Waals surface area contributed by atoms with E-state index in [4.69, 9.17) is 0 Å². The van der Waals surface area contributed by atoms with Crippen LogP contribution in [0.3, 0.4) is 0 Å². The van der Waals surface area contributed by atoms with Crippen molar-refractivity contribution >= 4 is 11.8 Å². The summed E-state index contributed by atoms with van der Waals surface area (Å²) in [5.74, 6) is -0.997. The Hall–Kier alpha value is -3.23. The summed E-state index contributed by atoms with van der Waals surface area (Å²) in [7, 11) is 0. The minimum atomic E-state index is -0.614. The molecular weight excluding hydrogens is 367 g/mol. The van der Waals surface area contributed by atoms with Crippen molar-refractivity contribution in [3.8, 4) is 5.75 Å². The van der Waals surface area contributed by atoms with Gasteiger partial charge in [-0.15, -0.1) is 0 Å². The maximum atomic E-state index is 12.9. The van der Waals surface area contributed by atoms with Crippen molar-refractivity contribution in [2.75, 3.05) is 13.1 Å². The Morgan fingerprint density at radius 3 is 2.61 bits per heavy atom. The average Bonchev–Trinajstić information content (AvgIpc) is 2.88. The fourth-order valence-electron chi connectivity index (χ4n) is 3.08. The Morgan fingerprint density at radius 2 is 1.93 bits per heavy atom. The van der Waals surface area contributed by atoms with E-state index in [0.717, 1.165) is 5.56 Å². The predicted octanol–water partition coefficient (Wildman–Crippen LogP) is 0.351. The molecule has 2 heterocycles. The Labute approximate surface area is 160 Å². The summed E-state index contributed by atoms with van der Waals surface area (Å²) >= 11 is 0. The van der Waals surface area contributed by atoms with Gasteiger partial charge in [-0.1, -0.05) is 12.1 Å². The lowest BCUT2D eigenvalue weighted by atomic mass is 10.2. The summed E-state index contributed by atoms with van der Waals surface area (Å²) in [5, 5.41) is 12.8.